The van der Waals surface area contributed by atoms with Gasteiger partial charge in [-0.15, -0.1) is 0 Å². The summed E-state index contributed by atoms with van der Waals surface area (Å²) in [5.41, 5.74) is 7.80. The maximum absolute atomic E-state index is 11.8. The number of hydrogen-bond donors (Lipinski definition) is 0. The van der Waals surface area contributed by atoms with Gasteiger partial charge >= 0.3 is 0 Å². The third kappa shape index (κ3) is 1.61. The van der Waals surface area contributed by atoms with Gasteiger partial charge in [-0.1, -0.05) is 67.4 Å². The molecule has 2 aromatic carbocycles. The van der Waals surface area contributed by atoms with Crippen molar-refractivity contribution in [3.8, 4) is 0 Å². The average Bonchev–Trinajstić information content (AvgIpc) is 2.55. The zero-order valence-electron chi connectivity index (χ0n) is 12.2. The monoisotopic (exact) mass is 274 g/mol. The third-order valence-electron chi connectivity index (χ3n) is 4.91. The van der Waals surface area contributed by atoms with Gasteiger partial charge < -0.3 is 0 Å². The molecular weight excluding hydrogens is 256 g/mol. The first-order valence-electron chi connectivity index (χ1n) is 7.72. The first-order chi connectivity index (χ1) is 10.4. The SMILES string of the molecule is CCCC1=C(C=O)C2c3ccccc3C1c1ccccc12. The molecule has 21 heavy (non-hydrogen) atoms. The Morgan fingerprint density at radius 3 is 1.76 bits per heavy atom. The minimum Gasteiger partial charge on any atom is -0.298 e. The highest BCUT2D eigenvalue weighted by molar-refractivity contribution is 5.84. The molecule has 3 aliphatic rings. The second-order valence-corrected chi connectivity index (χ2v) is 5.97. The smallest absolute Gasteiger partial charge is 0.146 e. The third-order valence-corrected chi connectivity index (χ3v) is 4.91. The van der Waals surface area contributed by atoms with Gasteiger partial charge in [-0.25, -0.2) is 0 Å². The second kappa shape index (κ2) is 4.70. The first kappa shape index (κ1) is 12.6. The molecule has 0 fully saturated rings. The lowest BCUT2D eigenvalue weighted by Crippen LogP contribution is -2.28. The van der Waals surface area contributed by atoms with E-state index in [1.165, 1.54) is 27.8 Å². The highest BCUT2D eigenvalue weighted by Crippen LogP contribution is 2.55. The van der Waals surface area contributed by atoms with Crippen LogP contribution in [-0.2, 0) is 4.79 Å². The molecule has 0 aromatic heterocycles. The molecule has 0 heterocycles. The summed E-state index contributed by atoms with van der Waals surface area (Å²) in [5.74, 6) is 0.420. The molecule has 5 rings (SSSR count). The highest BCUT2D eigenvalue weighted by Gasteiger charge is 2.41. The van der Waals surface area contributed by atoms with E-state index in [1.54, 1.807) is 0 Å². The Morgan fingerprint density at radius 1 is 0.857 bits per heavy atom. The molecule has 1 heteroatoms. The Hall–Kier alpha value is -2.15. The van der Waals surface area contributed by atoms with Crippen LogP contribution < -0.4 is 0 Å². The molecule has 2 aromatic rings. The summed E-state index contributed by atoms with van der Waals surface area (Å²) in [7, 11) is 0. The van der Waals surface area contributed by atoms with E-state index in [2.05, 4.69) is 55.5 Å². The molecule has 0 saturated heterocycles. The van der Waals surface area contributed by atoms with Gasteiger partial charge in [-0.05, 0) is 28.7 Å². The Kier molecular flexibility index (Phi) is 2.81. The van der Waals surface area contributed by atoms with Crippen molar-refractivity contribution in [1.29, 1.82) is 0 Å². The molecule has 1 nitrogen and oxygen atoms in total. The van der Waals surface area contributed by atoms with E-state index in [4.69, 9.17) is 0 Å². The molecule has 0 N–H and O–H groups in total. The first-order valence-corrected chi connectivity index (χ1v) is 7.72. The van der Waals surface area contributed by atoms with E-state index in [-0.39, 0.29) is 11.8 Å². The maximum Gasteiger partial charge on any atom is 0.146 e. The van der Waals surface area contributed by atoms with E-state index in [0.29, 0.717) is 0 Å². The van der Waals surface area contributed by atoms with Crippen LogP contribution >= 0.6 is 0 Å². The average molecular weight is 274 g/mol. The predicted molar refractivity (Wildman–Crippen MR) is 84.6 cm³/mol. The number of aldehydes is 1. The zero-order chi connectivity index (χ0) is 14.4. The Balaban J connectivity index is 2.04. The summed E-state index contributed by atoms with van der Waals surface area (Å²) in [5, 5.41) is 0. The maximum atomic E-state index is 11.8. The molecule has 0 amide bonds. The van der Waals surface area contributed by atoms with Crippen LogP contribution in [0.15, 0.2) is 59.7 Å². The zero-order valence-corrected chi connectivity index (χ0v) is 12.2. The quantitative estimate of drug-likeness (QED) is 0.749. The Labute approximate surface area is 125 Å². The van der Waals surface area contributed by atoms with E-state index >= 15 is 0 Å². The van der Waals surface area contributed by atoms with E-state index in [9.17, 15) is 4.79 Å². The molecule has 0 aliphatic heterocycles. The minimum atomic E-state index is 0.140. The van der Waals surface area contributed by atoms with Crippen molar-refractivity contribution in [2.45, 2.75) is 31.6 Å². The van der Waals surface area contributed by atoms with Gasteiger partial charge in [0.25, 0.3) is 0 Å². The van der Waals surface area contributed by atoms with Crippen LogP contribution in [0.2, 0.25) is 0 Å². The van der Waals surface area contributed by atoms with Crippen molar-refractivity contribution in [3.05, 3.63) is 81.9 Å². The lowest BCUT2D eigenvalue weighted by Gasteiger charge is -2.42. The summed E-state index contributed by atoms with van der Waals surface area (Å²) in [6.07, 6.45) is 3.20. The van der Waals surface area contributed by atoms with Gasteiger partial charge in [0.2, 0.25) is 0 Å². The molecule has 0 saturated carbocycles. The van der Waals surface area contributed by atoms with Gasteiger partial charge in [0.1, 0.15) is 6.29 Å². The molecule has 0 radical (unpaired) electrons. The topological polar surface area (TPSA) is 17.1 Å². The lowest BCUT2D eigenvalue weighted by atomic mass is 9.60. The van der Waals surface area contributed by atoms with E-state index in [0.717, 1.165) is 24.7 Å². The summed E-state index contributed by atoms with van der Waals surface area (Å²) in [6, 6.07) is 17.3. The van der Waals surface area contributed by atoms with Crippen LogP contribution in [-0.4, -0.2) is 6.29 Å². The normalized spacial score (nSPS) is 22.0. The number of hydrogen-bond acceptors (Lipinski definition) is 1. The molecule has 104 valence electrons. The summed E-state index contributed by atoms with van der Waals surface area (Å²) >= 11 is 0. The minimum absolute atomic E-state index is 0.140. The van der Waals surface area contributed by atoms with Crippen LogP contribution in [0.25, 0.3) is 0 Å². The number of carbonyl (C=O) groups excluding carboxylic acids is 1. The predicted octanol–water partition coefficient (Wildman–Crippen LogP) is 4.57. The van der Waals surface area contributed by atoms with Crippen molar-refractivity contribution >= 4 is 6.29 Å². The molecule has 3 aliphatic carbocycles. The number of allylic oxidation sites excluding steroid dienone is 2. The molecule has 0 atom stereocenters. The standard InChI is InChI=1S/C20H18O/c1-2-7-13-18(12-21)20-16-10-5-3-8-14(16)19(13)15-9-4-6-11-17(15)20/h3-6,8-12,19-20H,2,7H2,1H3. The Bertz CT molecular complexity index is 706. The van der Waals surface area contributed by atoms with Crippen LogP contribution in [0.1, 0.15) is 53.9 Å². The fraction of sp³-hybridized carbons (Fsp3) is 0.250. The summed E-state index contributed by atoms with van der Waals surface area (Å²) < 4.78 is 0. The molecule has 0 spiro atoms. The van der Waals surface area contributed by atoms with Gasteiger partial charge in [-0.2, -0.15) is 0 Å². The van der Waals surface area contributed by atoms with E-state index < -0.39 is 0 Å². The fourth-order valence-corrected chi connectivity index (χ4v) is 4.17. The number of rotatable bonds is 3. The fourth-order valence-electron chi connectivity index (χ4n) is 4.17. The summed E-state index contributed by atoms with van der Waals surface area (Å²) in [4.78, 5) is 11.8. The Morgan fingerprint density at radius 2 is 1.33 bits per heavy atom. The van der Waals surface area contributed by atoms with Crippen molar-refractivity contribution in [2.75, 3.05) is 0 Å². The number of carbonyl (C=O) groups is 1. The van der Waals surface area contributed by atoms with Crippen molar-refractivity contribution in [3.63, 3.8) is 0 Å². The van der Waals surface area contributed by atoms with Crippen LogP contribution in [0.4, 0.5) is 0 Å². The molecular formula is C20H18O. The number of benzene rings is 2. The van der Waals surface area contributed by atoms with Crippen LogP contribution in [0.5, 0.6) is 0 Å². The van der Waals surface area contributed by atoms with Crippen molar-refractivity contribution in [1.82, 2.24) is 0 Å². The van der Waals surface area contributed by atoms with Crippen LogP contribution in [0.3, 0.4) is 0 Å². The van der Waals surface area contributed by atoms with Gasteiger partial charge in [0.05, 0.1) is 0 Å². The van der Waals surface area contributed by atoms with E-state index in [1.807, 2.05) is 0 Å². The summed E-state index contributed by atoms with van der Waals surface area (Å²) in [6.45, 7) is 2.19. The lowest BCUT2D eigenvalue weighted by molar-refractivity contribution is -0.105. The molecule has 0 unspecified atom stereocenters. The second-order valence-electron chi connectivity index (χ2n) is 5.97. The van der Waals surface area contributed by atoms with Gasteiger partial charge in [0, 0.05) is 17.4 Å². The van der Waals surface area contributed by atoms with Gasteiger partial charge in [-0.3, -0.25) is 4.79 Å². The highest BCUT2D eigenvalue weighted by atomic mass is 16.1. The largest absolute Gasteiger partial charge is 0.298 e. The van der Waals surface area contributed by atoms with Crippen LogP contribution in [0, 0.1) is 0 Å². The van der Waals surface area contributed by atoms with Crippen molar-refractivity contribution < 1.29 is 4.79 Å². The van der Waals surface area contributed by atoms with Crippen molar-refractivity contribution in [2.24, 2.45) is 0 Å². The molecule has 2 bridgehead atoms. The van der Waals surface area contributed by atoms with Gasteiger partial charge in [0.15, 0.2) is 0 Å².